The van der Waals surface area contributed by atoms with Gasteiger partial charge < -0.3 is 5.11 Å². The molecule has 3 aromatic carbocycles. The van der Waals surface area contributed by atoms with Crippen molar-refractivity contribution in [2.45, 2.75) is 31.0 Å². The lowest BCUT2D eigenvalue weighted by molar-refractivity contribution is -0.138. The average Bonchev–Trinajstić information content (AvgIpc) is 3.13. The number of amides is 2. The van der Waals surface area contributed by atoms with Gasteiger partial charge in [0.05, 0.1) is 29.4 Å². The van der Waals surface area contributed by atoms with Gasteiger partial charge in [-0.25, -0.2) is 0 Å². The predicted molar refractivity (Wildman–Crippen MR) is 136 cm³/mol. The van der Waals surface area contributed by atoms with E-state index in [0.717, 1.165) is 16.9 Å². The Kier molecular flexibility index (Phi) is 6.24. The molecule has 0 radical (unpaired) electrons. The molecular weight excluding hydrogens is 438 g/mol. The number of nitrogens with zero attached hydrogens (tertiary/aromatic N) is 3. The summed E-state index contributed by atoms with van der Waals surface area (Å²) in [5.74, 6) is -1.32. The van der Waals surface area contributed by atoms with E-state index in [4.69, 9.17) is 0 Å². The van der Waals surface area contributed by atoms with Crippen LogP contribution in [0.3, 0.4) is 0 Å². The molecule has 2 aliphatic heterocycles. The van der Waals surface area contributed by atoms with Crippen molar-refractivity contribution in [3.63, 3.8) is 0 Å². The molecule has 2 amide bonds. The first kappa shape index (κ1) is 23.0. The third-order valence-electron chi connectivity index (χ3n) is 7.07. The number of aliphatic hydroxyl groups excluding tert-OH is 1. The third kappa shape index (κ3) is 4.05. The van der Waals surface area contributed by atoms with Gasteiger partial charge in [-0.2, -0.15) is 5.01 Å². The highest BCUT2D eigenvalue weighted by molar-refractivity contribution is 6.08. The van der Waals surface area contributed by atoms with Crippen LogP contribution in [0, 0.1) is 5.92 Å². The molecule has 1 N–H and O–H groups in total. The molecule has 1 saturated heterocycles. The number of anilines is 2. The minimum atomic E-state index is -0.835. The van der Waals surface area contributed by atoms with Gasteiger partial charge in [-0.3, -0.25) is 19.5 Å². The van der Waals surface area contributed by atoms with Crippen LogP contribution in [0.5, 0.6) is 0 Å². The van der Waals surface area contributed by atoms with Gasteiger partial charge in [-0.15, -0.1) is 0 Å². The molecule has 2 heterocycles. The highest BCUT2D eigenvalue weighted by atomic mass is 16.3. The largest absolute Gasteiger partial charge is 0.390 e. The Hall–Kier alpha value is -3.74. The molecule has 5 rings (SSSR count). The molecule has 1 fully saturated rings. The van der Waals surface area contributed by atoms with E-state index in [0.29, 0.717) is 0 Å². The van der Waals surface area contributed by atoms with Crippen molar-refractivity contribution in [1.82, 2.24) is 9.91 Å². The normalized spacial score (nSPS) is 23.7. The topological polar surface area (TPSA) is 64.1 Å². The molecule has 0 aromatic heterocycles. The van der Waals surface area contributed by atoms with Crippen LogP contribution in [0.15, 0.2) is 103 Å². The average molecular weight is 468 g/mol. The second-order valence-electron chi connectivity index (χ2n) is 9.13. The Morgan fingerprint density at radius 3 is 1.83 bits per heavy atom. The van der Waals surface area contributed by atoms with E-state index in [1.165, 1.54) is 11.9 Å². The number of aliphatic hydroxyl groups is 1. The third-order valence-corrected chi connectivity index (χ3v) is 7.07. The molecule has 0 bridgehead atoms. The number of fused-ring (bicyclic) bond motifs is 1. The Morgan fingerprint density at radius 2 is 1.29 bits per heavy atom. The Balaban J connectivity index is 1.66. The molecule has 2 aliphatic rings. The van der Waals surface area contributed by atoms with Crippen LogP contribution < -0.4 is 5.01 Å². The van der Waals surface area contributed by atoms with Gasteiger partial charge >= 0.3 is 0 Å². The zero-order valence-corrected chi connectivity index (χ0v) is 19.8. The van der Waals surface area contributed by atoms with Gasteiger partial charge in [0.25, 0.3) is 0 Å². The maximum atomic E-state index is 13.5. The van der Waals surface area contributed by atoms with Crippen LogP contribution in [0.1, 0.15) is 18.4 Å². The van der Waals surface area contributed by atoms with Crippen LogP contribution in [-0.4, -0.2) is 52.1 Å². The van der Waals surface area contributed by atoms with Crippen LogP contribution >= 0.6 is 0 Å². The first-order valence-electron chi connectivity index (χ1n) is 11.9. The second-order valence-corrected chi connectivity index (χ2v) is 9.13. The lowest BCUT2D eigenvalue weighted by Gasteiger charge is -2.48. The summed E-state index contributed by atoms with van der Waals surface area (Å²) in [4.78, 5) is 27.6. The molecule has 6 heteroatoms. The molecule has 6 nitrogen and oxygen atoms in total. The van der Waals surface area contributed by atoms with Crippen molar-refractivity contribution in [1.29, 1.82) is 0 Å². The number of carbonyl (C=O) groups is 2. The van der Waals surface area contributed by atoms with E-state index >= 15 is 0 Å². The molecule has 0 aliphatic carbocycles. The number of hydrogen-bond acceptors (Lipinski definition) is 5. The number of hydrogen-bond donors (Lipinski definition) is 1. The first-order chi connectivity index (χ1) is 17.0. The van der Waals surface area contributed by atoms with Gasteiger partial charge in [-0.05, 0) is 29.8 Å². The van der Waals surface area contributed by atoms with Gasteiger partial charge in [0.1, 0.15) is 6.04 Å². The lowest BCUT2D eigenvalue weighted by atomic mass is 9.86. The monoisotopic (exact) mass is 467 g/mol. The fraction of sp³-hybridized carbons (Fsp3) is 0.241. The summed E-state index contributed by atoms with van der Waals surface area (Å²) < 4.78 is 0. The van der Waals surface area contributed by atoms with E-state index < -0.39 is 24.1 Å². The summed E-state index contributed by atoms with van der Waals surface area (Å²) >= 11 is 0. The Bertz CT molecular complexity index is 1180. The fourth-order valence-corrected chi connectivity index (χ4v) is 5.12. The van der Waals surface area contributed by atoms with Crippen molar-refractivity contribution >= 4 is 23.2 Å². The van der Waals surface area contributed by atoms with Crippen LogP contribution in [0.25, 0.3) is 0 Å². The van der Waals surface area contributed by atoms with E-state index in [2.05, 4.69) is 0 Å². The minimum absolute atomic E-state index is 0.205. The van der Waals surface area contributed by atoms with Crippen molar-refractivity contribution in [3.8, 4) is 0 Å². The number of benzene rings is 3. The van der Waals surface area contributed by atoms with Gasteiger partial charge in [0, 0.05) is 13.0 Å². The summed E-state index contributed by atoms with van der Waals surface area (Å²) in [5.41, 5.74) is 2.69. The molecular formula is C29H29N3O3. The summed E-state index contributed by atoms with van der Waals surface area (Å²) in [6.07, 6.45) is 2.84. The number of rotatable bonds is 6. The molecule has 0 spiro atoms. The lowest BCUT2D eigenvalue weighted by Crippen LogP contribution is -2.61. The van der Waals surface area contributed by atoms with Crippen molar-refractivity contribution in [2.75, 3.05) is 12.1 Å². The highest BCUT2D eigenvalue weighted by Crippen LogP contribution is 2.40. The number of likely N-dealkylation sites (N-methyl/N-ethyl adjacent to an activating group) is 1. The van der Waals surface area contributed by atoms with Crippen molar-refractivity contribution < 1.29 is 14.7 Å². The fourth-order valence-electron chi connectivity index (χ4n) is 5.12. The number of para-hydroxylation sites is 2. The number of imide groups is 1. The number of hydrazine groups is 1. The summed E-state index contributed by atoms with van der Waals surface area (Å²) in [6, 6.07) is 28.0. The van der Waals surface area contributed by atoms with Gasteiger partial charge in [0.15, 0.2) is 0 Å². The standard InChI is InChI=1S/C29H29N3O3/c1-20(21-12-6-3-7-13-21)27(33)25-19-18-24-26(29(35)30(2)28(24)34)32(25)31(22-14-8-4-9-15-22)23-16-10-5-11-17-23/h3-20,24-27,33H,1-2H3. The SMILES string of the molecule is CC(c1ccccc1)C(O)C1C=CC2C(=O)N(C)C(=O)C2N1N(c1ccccc1)c1ccccc1. The Morgan fingerprint density at radius 1 is 0.771 bits per heavy atom. The van der Waals surface area contributed by atoms with Gasteiger partial charge in [-0.1, -0.05) is 85.8 Å². The second kappa shape index (κ2) is 9.49. The zero-order chi connectivity index (χ0) is 24.5. The maximum Gasteiger partial charge on any atom is 0.249 e. The minimum Gasteiger partial charge on any atom is -0.390 e. The molecule has 5 atom stereocenters. The predicted octanol–water partition coefficient (Wildman–Crippen LogP) is 4.13. The smallest absolute Gasteiger partial charge is 0.249 e. The summed E-state index contributed by atoms with van der Waals surface area (Å²) in [6.45, 7) is 1.99. The van der Waals surface area contributed by atoms with Crippen LogP contribution in [-0.2, 0) is 9.59 Å². The van der Waals surface area contributed by atoms with E-state index in [-0.39, 0.29) is 17.7 Å². The number of carbonyl (C=O) groups excluding carboxylic acids is 2. The quantitative estimate of drug-likeness (QED) is 0.436. The molecule has 0 saturated carbocycles. The zero-order valence-electron chi connectivity index (χ0n) is 19.8. The van der Waals surface area contributed by atoms with Crippen molar-refractivity contribution in [3.05, 3.63) is 109 Å². The Labute approximate surface area is 205 Å². The van der Waals surface area contributed by atoms with Crippen molar-refractivity contribution in [2.24, 2.45) is 5.92 Å². The van der Waals surface area contributed by atoms with Crippen LogP contribution in [0.4, 0.5) is 11.4 Å². The molecule has 178 valence electrons. The van der Waals surface area contributed by atoms with Crippen LogP contribution in [0.2, 0.25) is 0 Å². The van der Waals surface area contributed by atoms with Gasteiger partial charge in [0.2, 0.25) is 11.8 Å². The summed E-state index contributed by atoms with van der Waals surface area (Å²) in [5, 5.41) is 15.6. The first-order valence-corrected chi connectivity index (χ1v) is 11.9. The maximum absolute atomic E-state index is 13.5. The molecule has 5 unspecified atom stereocenters. The molecule has 35 heavy (non-hydrogen) atoms. The van der Waals surface area contributed by atoms with E-state index in [9.17, 15) is 14.7 Å². The number of likely N-dealkylation sites (tertiary alicyclic amines) is 1. The molecule has 3 aromatic rings. The highest BCUT2D eigenvalue weighted by Gasteiger charge is 2.54. The van der Waals surface area contributed by atoms with E-state index in [1.54, 1.807) is 6.08 Å². The summed E-state index contributed by atoms with van der Waals surface area (Å²) in [7, 11) is 1.53. The van der Waals surface area contributed by atoms with E-state index in [1.807, 2.05) is 114 Å².